The molecule has 184 valence electrons. The van der Waals surface area contributed by atoms with E-state index >= 15 is 0 Å². The van der Waals surface area contributed by atoms with Crippen LogP contribution in [0.4, 0.5) is 5.69 Å². The van der Waals surface area contributed by atoms with Gasteiger partial charge in [0, 0.05) is 24.3 Å². The molecule has 0 spiro atoms. The highest BCUT2D eigenvalue weighted by molar-refractivity contribution is 7.89. The van der Waals surface area contributed by atoms with Crippen LogP contribution in [0.3, 0.4) is 0 Å². The first-order chi connectivity index (χ1) is 16.9. The van der Waals surface area contributed by atoms with Crippen molar-refractivity contribution >= 4 is 21.6 Å². The Hall–Kier alpha value is -3.40. The molecule has 0 bridgehead atoms. The molecule has 0 unspecified atom stereocenters. The second kappa shape index (κ2) is 10.9. The Morgan fingerprint density at radius 1 is 1.00 bits per heavy atom. The molecule has 3 aromatic rings. The highest BCUT2D eigenvalue weighted by Crippen LogP contribution is 2.30. The number of ether oxygens (including phenoxy) is 3. The molecule has 1 N–H and O–H groups in total. The van der Waals surface area contributed by atoms with Crippen LogP contribution < -0.4 is 14.8 Å². The van der Waals surface area contributed by atoms with Gasteiger partial charge < -0.3 is 19.5 Å². The topological polar surface area (TPSA) is 94.2 Å². The van der Waals surface area contributed by atoms with Crippen molar-refractivity contribution in [3.05, 3.63) is 83.4 Å². The van der Waals surface area contributed by atoms with Crippen molar-refractivity contribution in [2.45, 2.75) is 18.4 Å². The summed E-state index contributed by atoms with van der Waals surface area (Å²) in [6.45, 7) is 3.43. The van der Waals surface area contributed by atoms with Crippen LogP contribution in [0, 0.1) is 6.92 Å². The zero-order valence-electron chi connectivity index (χ0n) is 19.7. The van der Waals surface area contributed by atoms with Crippen molar-refractivity contribution in [2.24, 2.45) is 0 Å². The Kier molecular flexibility index (Phi) is 7.70. The minimum Gasteiger partial charge on any atom is -0.493 e. The average Bonchev–Trinajstić information content (AvgIpc) is 2.89. The zero-order chi connectivity index (χ0) is 24.8. The van der Waals surface area contributed by atoms with Crippen molar-refractivity contribution in [1.29, 1.82) is 0 Å². The maximum absolute atomic E-state index is 13.1. The number of carbonyl (C=O) groups excluding carboxylic acids is 1. The number of nitrogens with one attached hydrogen (secondary N) is 1. The van der Waals surface area contributed by atoms with Gasteiger partial charge in [-0.2, -0.15) is 4.31 Å². The van der Waals surface area contributed by atoms with E-state index in [0.717, 1.165) is 5.56 Å². The monoisotopic (exact) mass is 496 g/mol. The maximum Gasteiger partial charge on any atom is 0.255 e. The van der Waals surface area contributed by atoms with Crippen molar-refractivity contribution < 1.29 is 27.4 Å². The molecule has 9 heteroatoms. The third kappa shape index (κ3) is 5.82. The van der Waals surface area contributed by atoms with E-state index in [1.807, 2.05) is 30.3 Å². The van der Waals surface area contributed by atoms with Gasteiger partial charge >= 0.3 is 0 Å². The van der Waals surface area contributed by atoms with Crippen LogP contribution in [0.2, 0.25) is 0 Å². The molecule has 0 radical (unpaired) electrons. The number of sulfonamides is 1. The van der Waals surface area contributed by atoms with Crippen LogP contribution in [0.25, 0.3) is 0 Å². The van der Waals surface area contributed by atoms with Crippen molar-refractivity contribution in [2.75, 3.05) is 38.7 Å². The molecule has 1 aliphatic heterocycles. The number of amides is 1. The van der Waals surface area contributed by atoms with Gasteiger partial charge in [0.1, 0.15) is 6.61 Å². The Bertz CT molecular complexity index is 1290. The van der Waals surface area contributed by atoms with E-state index < -0.39 is 15.9 Å². The summed E-state index contributed by atoms with van der Waals surface area (Å²) in [5, 5.41) is 2.79. The standard InChI is InChI=1S/C26H28N2O6S/c1-19-8-10-22(17-25(19)35(30,31)28-12-14-33-15-13-28)27-26(29)21-9-11-23(24(16-21)32-2)34-18-20-6-4-3-5-7-20/h3-11,16-17H,12-15,18H2,1-2H3,(H,27,29). The van der Waals surface area contributed by atoms with Crippen LogP contribution in [0.5, 0.6) is 11.5 Å². The van der Waals surface area contributed by atoms with E-state index in [9.17, 15) is 13.2 Å². The normalized spacial score (nSPS) is 14.3. The van der Waals surface area contributed by atoms with Crippen molar-refractivity contribution in [3.63, 3.8) is 0 Å². The van der Waals surface area contributed by atoms with Crippen LogP contribution in [-0.2, 0) is 21.4 Å². The molecule has 0 aliphatic carbocycles. The molecule has 4 rings (SSSR count). The molecule has 1 heterocycles. The second-order valence-electron chi connectivity index (χ2n) is 8.09. The zero-order valence-corrected chi connectivity index (χ0v) is 20.5. The lowest BCUT2D eigenvalue weighted by Crippen LogP contribution is -2.40. The quantitative estimate of drug-likeness (QED) is 0.509. The van der Waals surface area contributed by atoms with E-state index in [-0.39, 0.29) is 4.90 Å². The fraction of sp³-hybridized carbons (Fsp3) is 0.269. The van der Waals surface area contributed by atoms with Gasteiger partial charge in [-0.15, -0.1) is 0 Å². The summed E-state index contributed by atoms with van der Waals surface area (Å²) in [6, 6.07) is 19.5. The molecule has 1 aliphatic rings. The van der Waals surface area contributed by atoms with E-state index in [1.165, 1.54) is 17.5 Å². The fourth-order valence-electron chi connectivity index (χ4n) is 3.75. The largest absolute Gasteiger partial charge is 0.493 e. The van der Waals surface area contributed by atoms with Crippen LogP contribution in [0.15, 0.2) is 71.6 Å². The molecule has 1 amide bonds. The lowest BCUT2D eigenvalue weighted by molar-refractivity contribution is 0.0730. The Labute approximate surface area is 205 Å². The van der Waals surface area contributed by atoms with Crippen molar-refractivity contribution in [3.8, 4) is 11.5 Å². The molecule has 1 saturated heterocycles. The summed E-state index contributed by atoms with van der Waals surface area (Å²) >= 11 is 0. The number of hydrogen-bond donors (Lipinski definition) is 1. The van der Waals surface area contributed by atoms with Gasteiger partial charge in [-0.25, -0.2) is 8.42 Å². The predicted octanol–water partition coefficient (Wildman–Crippen LogP) is 3.86. The maximum atomic E-state index is 13.1. The first kappa shape index (κ1) is 24.7. The number of hydrogen-bond acceptors (Lipinski definition) is 6. The first-order valence-electron chi connectivity index (χ1n) is 11.2. The van der Waals surface area contributed by atoms with E-state index in [2.05, 4.69) is 5.32 Å². The predicted molar refractivity (Wildman–Crippen MR) is 132 cm³/mol. The highest BCUT2D eigenvalue weighted by Gasteiger charge is 2.28. The van der Waals surface area contributed by atoms with Gasteiger partial charge in [-0.3, -0.25) is 4.79 Å². The number of methoxy groups -OCH3 is 1. The number of carbonyl (C=O) groups is 1. The molecule has 8 nitrogen and oxygen atoms in total. The van der Waals surface area contributed by atoms with E-state index in [4.69, 9.17) is 14.2 Å². The Morgan fingerprint density at radius 2 is 1.74 bits per heavy atom. The number of aryl methyl sites for hydroxylation is 1. The summed E-state index contributed by atoms with van der Waals surface area (Å²) < 4.78 is 44.2. The summed E-state index contributed by atoms with van der Waals surface area (Å²) in [6.07, 6.45) is 0. The van der Waals surface area contributed by atoms with E-state index in [1.54, 1.807) is 37.3 Å². The molecule has 3 aromatic carbocycles. The van der Waals surface area contributed by atoms with Crippen LogP contribution in [-0.4, -0.2) is 52.0 Å². The van der Waals surface area contributed by atoms with Crippen LogP contribution >= 0.6 is 0 Å². The second-order valence-corrected chi connectivity index (χ2v) is 10.00. The van der Waals surface area contributed by atoms with Gasteiger partial charge in [0.2, 0.25) is 10.0 Å². The van der Waals surface area contributed by atoms with Gasteiger partial charge in [-0.1, -0.05) is 36.4 Å². The average molecular weight is 497 g/mol. The smallest absolute Gasteiger partial charge is 0.255 e. The lowest BCUT2D eigenvalue weighted by Gasteiger charge is -2.26. The molecule has 0 atom stereocenters. The van der Waals surface area contributed by atoms with Gasteiger partial charge in [0.25, 0.3) is 5.91 Å². The molecular formula is C26H28N2O6S. The SMILES string of the molecule is COc1cc(C(=O)Nc2ccc(C)c(S(=O)(=O)N3CCOCC3)c2)ccc1OCc1ccccc1. The lowest BCUT2D eigenvalue weighted by atomic mass is 10.1. The minimum absolute atomic E-state index is 0.166. The van der Waals surface area contributed by atoms with Crippen LogP contribution in [0.1, 0.15) is 21.5 Å². The number of benzene rings is 3. The van der Waals surface area contributed by atoms with Gasteiger partial charge in [0.15, 0.2) is 11.5 Å². The van der Waals surface area contributed by atoms with E-state index in [0.29, 0.717) is 61.2 Å². The summed E-state index contributed by atoms with van der Waals surface area (Å²) in [7, 11) is -2.19. The fourth-order valence-corrected chi connectivity index (χ4v) is 5.41. The number of morpholine rings is 1. The minimum atomic E-state index is -3.70. The molecule has 0 saturated carbocycles. The Balaban J connectivity index is 1.50. The third-order valence-corrected chi connectivity index (χ3v) is 7.74. The molecule has 35 heavy (non-hydrogen) atoms. The summed E-state index contributed by atoms with van der Waals surface area (Å²) in [4.78, 5) is 13.1. The summed E-state index contributed by atoms with van der Waals surface area (Å²) in [5.41, 5.74) is 2.36. The number of nitrogens with zero attached hydrogens (tertiary/aromatic N) is 1. The van der Waals surface area contributed by atoms with Crippen molar-refractivity contribution in [1.82, 2.24) is 4.31 Å². The highest BCUT2D eigenvalue weighted by atomic mass is 32.2. The number of rotatable bonds is 8. The summed E-state index contributed by atoms with van der Waals surface area (Å²) in [5.74, 6) is 0.548. The molecule has 1 fully saturated rings. The molecule has 0 aromatic heterocycles. The molecular weight excluding hydrogens is 468 g/mol. The number of anilines is 1. The van der Waals surface area contributed by atoms with Gasteiger partial charge in [0.05, 0.1) is 25.2 Å². The third-order valence-electron chi connectivity index (χ3n) is 5.70. The Morgan fingerprint density at radius 3 is 2.46 bits per heavy atom. The first-order valence-corrected chi connectivity index (χ1v) is 12.7. The van der Waals surface area contributed by atoms with Gasteiger partial charge in [-0.05, 0) is 48.4 Å².